The molecule has 4 nitrogen and oxygen atoms in total. The lowest BCUT2D eigenvalue weighted by atomic mass is 10.1. The molecule has 16 heavy (non-hydrogen) atoms. The van der Waals surface area contributed by atoms with Gasteiger partial charge in [0.05, 0.1) is 19.6 Å². The van der Waals surface area contributed by atoms with E-state index >= 15 is 0 Å². The topological polar surface area (TPSA) is 55.8 Å². The highest BCUT2D eigenvalue weighted by Crippen LogP contribution is 2.25. The third-order valence-electron chi connectivity index (χ3n) is 2.30. The first kappa shape index (κ1) is 12.4. The van der Waals surface area contributed by atoms with E-state index in [4.69, 9.17) is 14.6 Å². The second-order valence-corrected chi connectivity index (χ2v) is 3.53. The number of carboxylic acid groups (broad SMARTS) is 1. The van der Waals surface area contributed by atoms with Gasteiger partial charge in [0.25, 0.3) is 0 Å². The third-order valence-corrected chi connectivity index (χ3v) is 2.30. The van der Waals surface area contributed by atoms with Gasteiger partial charge in [-0.05, 0) is 18.6 Å². The van der Waals surface area contributed by atoms with E-state index in [1.807, 2.05) is 12.1 Å². The highest BCUT2D eigenvalue weighted by molar-refractivity contribution is 5.69. The van der Waals surface area contributed by atoms with Crippen molar-refractivity contribution in [1.82, 2.24) is 0 Å². The maximum atomic E-state index is 10.6. The van der Waals surface area contributed by atoms with E-state index in [1.54, 1.807) is 26.2 Å². The normalized spacial score (nSPS) is 11.9. The SMILES string of the molecule is COc1ccccc1OCCC(C)C(=O)O. The summed E-state index contributed by atoms with van der Waals surface area (Å²) in [7, 11) is 1.57. The number of hydrogen-bond donors (Lipinski definition) is 1. The summed E-state index contributed by atoms with van der Waals surface area (Å²) in [6, 6.07) is 7.30. The van der Waals surface area contributed by atoms with Crippen molar-refractivity contribution in [2.75, 3.05) is 13.7 Å². The van der Waals surface area contributed by atoms with Crippen molar-refractivity contribution in [2.24, 2.45) is 5.92 Å². The fourth-order valence-corrected chi connectivity index (χ4v) is 1.21. The first-order valence-electron chi connectivity index (χ1n) is 5.13. The molecule has 0 saturated heterocycles. The molecule has 0 bridgehead atoms. The average molecular weight is 224 g/mol. The Morgan fingerprint density at radius 3 is 2.56 bits per heavy atom. The van der Waals surface area contributed by atoms with Crippen LogP contribution in [0.4, 0.5) is 0 Å². The number of ether oxygens (including phenoxy) is 2. The van der Waals surface area contributed by atoms with Gasteiger partial charge in [-0.3, -0.25) is 4.79 Å². The molecule has 1 aromatic carbocycles. The van der Waals surface area contributed by atoms with Crippen molar-refractivity contribution < 1.29 is 19.4 Å². The molecule has 0 saturated carbocycles. The van der Waals surface area contributed by atoms with E-state index in [0.29, 0.717) is 24.5 Å². The zero-order valence-corrected chi connectivity index (χ0v) is 9.47. The molecular formula is C12H16O4. The van der Waals surface area contributed by atoms with Crippen molar-refractivity contribution in [3.05, 3.63) is 24.3 Å². The number of carbonyl (C=O) groups is 1. The van der Waals surface area contributed by atoms with E-state index in [9.17, 15) is 4.79 Å². The first-order chi connectivity index (χ1) is 7.65. The lowest BCUT2D eigenvalue weighted by molar-refractivity contribution is -0.141. The maximum absolute atomic E-state index is 10.6. The zero-order chi connectivity index (χ0) is 12.0. The van der Waals surface area contributed by atoms with Gasteiger partial charge in [0, 0.05) is 0 Å². The highest BCUT2D eigenvalue weighted by Gasteiger charge is 2.11. The van der Waals surface area contributed by atoms with Gasteiger partial charge in [0.2, 0.25) is 0 Å². The zero-order valence-electron chi connectivity index (χ0n) is 9.47. The Kier molecular flexibility index (Phi) is 4.64. The lowest BCUT2D eigenvalue weighted by Gasteiger charge is -2.11. The molecule has 0 aliphatic carbocycles. The van der Waals surface area contributed by atoms with Crippen LogP contribution < -0.4 is 9.47 Å². The van der Waals surface area contributed by atoms with Crippen LogP contribution in [0.25, 0.3) is 0 Å². The summed E-state index contributed by atoms with van der Waals surface area (Å²) in [5, 5.41) is 8.70. The molecule has 0 amide bonds. The second kappa shape index (κ2) is 6.00. The van der Waals surface area contributed by atoms with Gasteiger partial charge in [-0.15, -0.1) is 0 Å². The lowest BCUT2D eigenvalue weighted by Crippen LogP contribution is -2.13. The fraction of sp³-hybridized carbons (Fsp3) is 0.417. The Balaban J connectivity index is 2.45. The van der Waals surface area contributed by atoms with Crippen LogP contribution in [0.5, 0.6) is 11.5 Å². The molecule has 0 aliphatic rings. The van der Waals surface area contributed by atoms with Crippen LogP contribution in [0.3, 0.4) is 0 Å². The number of carboxylic acids is 1. The molecule has 1 atom stereocenters. The van der Waals surface area contributed by atoms with E-state index < -0.39 is 11.9 Å². The minimum Gasteiger partial charge on any atom is -0.493 e. The molecule has 1 rings (SSSR count). The molecule has 1 unspecified atom stereocenters. The molecule has 0 radical (unpaired) electrons. The number of methoxy groups -OCH3 is 1. The predicted octanol–water partition coefficient (Wildman–Crippen LogP) is 2.18. The Morgan fingerprint density at radius 1 is 1.38 bits per heavy atom. The number of rotatable bonds is 6. The van der Waals surface area contributed by atoms with E-state index in [1.165, 1.54) is 0 Å². The fourth-order valence-electron chi connectivity index (χ4n) is 1.21. The predicted molar refractivity (Wildman–Crippen MR) is 59.9 cm³/mol. The summed E-state index contributed by atoms with van der Waals surface area (Å²) in [4.78, 5) is 10.6. The van der Waals surface area contributed by atoms with Crippen molar-refractivity contribution in [1.29, 1.82) is 0 Å². The second-order valence-electron chi connectivity index (χ2n) is 3.53. The summed E-state index contributed by atoms with van der Waals surface area (Å²) >= 11 is 0. The number of aliphatic carboxylic acids is 1. The molecule has 0 heterocycles. The summed E-state index contributed by atoms with van der Waals surface area (Å²) in [6.45, 7) is 2.03. The Hall–Kier alpha value is -1.71. The largest absolute Gasteiger partial charge is 0.493 e. The molecular weight excluding hydrogens is 208 g/mol. The summed E-state index contributed by atoms with van der Waals surface area (Å²) in [5.74, 6) is 0.103. The third kappa shape index (κ3) is 3.46. The van der Waals surface area contributed by atoms with Crippen LogP contribution in [0.1, 0.15) is 13.3 Å². The Labute approximate surface area is 94.8 Å². The molecule has 0 aliphatic heterocycles. The van der Waals surface area contributed by atoms with Gasteiger partial charge < -0.3 is 14.6 Å². The van der Waals surface area contributed by atoms with Gasteiger partial charge in [0.15, 0.2) is 11.5 Å². The van der Waals surface area contributed by atoms with E-state index in [0.717, 1.165) is 0 Å². The van der Waals surface area contributed by atoms with Crippen LogP contribution in [0.15, 0.2) is 24.3 Å². The molecule has 88 valence electrons. The van der Waals surface area contributed by atoms with Crippen molar-refractivity contribution in [3.8, 4) is 11.5 Å². The van der Waals surface area contributed by atoms with Crippen molar-refractivity contribution >= 4 is 5.97 Å². The Bertz CT molecular complexity index is 349. The summed E-state index contributed by atoms with van der Waals surface area (Å²) in [5.41, 5.74) is 0. The minimum absolute atomic E-state index is 0.369. The van der Waals surface area contributed by atoms with Crippen LogP contribution in [0.2, 0.25) is 0 Å². The van der Waals surface area contributed by atoms with Crippen LogP contribution in [-0.4, -0.2) is 24.8 Å². The van der Waals surface area contributed by atoms with Gasteiger partial charge in [-0.2, -0.15) is 0 Å². The molecule has 0 aromatic heterocycles. The monoisotopic (exact) mass is 224 g/mol. The van der Waals surface area contributed by atoms with Gasteiger partial charge in [0.1, 0.15) is 0 Å². The van der Waals surface area contributed by atoms with Crippen LogP contribution >= 0.6 is 0 Å². The first-order valence-corrected chi connectivity index (χ1v) is 5.13. The van der Waals surface area contributed by atoms with Gasteiger partial charge in [-0.25, -0.2) is 0 Å². The Morgan fingerprint density at radius 2 is 2.00 bits per heavy atom. The quantitative estimate of drug-likeness (QED) is 0.804. The standard InChI is InChI=1S/C12H16O4/c1-9(12(13)14)7-8-16-11-6-4-3-5-10(11)15-2/h3-6,9H,7-8H2,1-2H3,(H,13,14). The molecule has 0 fully saturated rings. The smallest absolute Gasteiger partial charge is 0.306 e. The van der Waals surface area contributed by atoms with Gasteiger partial charge in [-0.1, -0.05) is 19.1 Å². The van der Waals surface area contributed by atoms with Crippen molar-refractivity contribution in [3.63, 3.8) is 0 Å². The molecule has 0 spiro atoms. The van der Waals surface area contributed by atoms with Crippen LogP contribution in [0, 0.1) is 5.92 Å². The van der Waals surface area contributed by atoms with Gasteiger partial charge >= 0.3 is 5.97 Å². The highest BCUT2D eigenvalue weighted by atomic mass is 16.5. The molecule has 4 heteroatoms. The summed E-state index contributed by atoms with van der Waals surface area (Å²) in [6.07, 6.45) is 0.480. The maximum Gasteiger partial charge on any atom is 0.306 e. The number of para-hydroxylation sites is 2. The van der Waals surface area contributed by atoms with E-state index in [-0.39, 0.29) is 0 Å². The molecule has 1 N–H and O–H groups in total. The van der Waals surface area contributed by atoms with Crippen molar-refractivity contribution in [2.45, 2.75) is 13.3 Å². The number of hydrogen-bond acceptors (Lipinski definition) is 3. The van der Waals surface area contributed by atoms with E-state index in [2.05, 4.69) is 0 Å². The minimum atomic E-state index is -0.802. The number of benzene rings is 1. The molecule has 1 aromatic rings. The average Bonchev–Trinajstić information content (AvgIpc) is 2.29. The summed E-state index contributed by atoms with van der Waals surface area (Å²) < 4.78 is 10.6. The van der Waals surface area contributed by atoms with Crippen LogP contribution in [-0.2, 0) is 4.79 Å².